The van der Waals surface area contributed by atoms with Crippen molar-refractivity contribution in [3.05, 3.63) is 45.7 Å². The molecule has 2 aromatic rings. The second kappa shape index (κ2) is 3.93. The summed E-state index contributed by atoms with van der Waals surface area (Å²) < 4.78 is 1.49. The molecule has 3 nitrogen and oxygen atoms in total. The van der Waals surface area contributed by atoms with Gasteiger partial charge in [0.05, 0.1) is 12.1 Å². The van der Waals surface area contributed by atoms with Crippen LogP contribution < -0.4 is 5.56 Å². The topological polar surface area (TPSA) is 39.1 Å². The standard InChI is InChI=1S/C13H13NO2/c1-9-7-11-3-4-13(16)14(5-6-15)12(11)8-10(9)2/h3-4,6-8H,5H2,1-2H3. The van der Waals surface area contributed by atoms with E-state index in [1.165, 1.54) is 16.2 Å². The lowest BCUT2D eigenvalue weighted by Gasteiger charge is -2.09. The maximum absolute atomic E-state index is 11.6. The Balaban J connectivity index is 2.86. The Morgan fingerprint density at radius 2 is 1.88 bits per heavy atom. The number of pyridine rings is 1. The zero-order valence-electron chi connectivity index (χ0n) is 9.36. The molecule has 0 aliphatic rings. The third kappa shape index (κ3) is 1.65. The molecule has 0 saturated heterocycles. The van der Waals surface area contributed by atoms with E-state index in [4.69, 9.17) is 0 Å². The number of nitrogens with zero attached hydrogens (tertiary/aromatic N) is 1. The number of hydrogen-bond donors (Lipinski definition) is 0. The molecule has 0 saturated carbocycles. The van der Waals surface area contributed by atoms with E-state index in [1.54, 1.807) is 6.07 Å². The Labute approximate surface area is 93.3 Å². The van der Waals surface area contributed by atoms with Gasteiger partial charge in [-0.15, -0.1) is 0 Å². The molecule has 0 fully saturated rings. The summed E-state index contributed by atoms with van der Waals surface area (Å²) >= 11 is 0. The zero-order chi connectivity index (χ0) is 11.7. The van der Waals surface area contributed by atoms with Gasteiger partial charge in [-0.25, -0.2) is 0 Å². The van der Waals surface area contributed by atoms with Crippen molar-refractivity contribution in [2.75, 3.05) is 0 Å². The van der Waals surface area contributed by atoms with Crippen LogP contribution in [0.1, 0.15) is 11.1 Å². The lowest BCUT2D eigenvalue weighted by Crippen LogP contribution is -2.20. The molecule has 0 bridgehead atoms. The first-order valence-electron chi connectivity index (χ1n) is 5.18. The number of aromatic nitrogens is 1. The van der Waals surface area contributed by atoms with Gasteiger partial charge in [-0.2, -0.15) is 0 Å². The minimum absolute atomic E-state index is 0.110. The van der Waals surface area contributed by atoms with Crippen LogP contribution in [0.15, 0.2) is 29.1 Å². The number of hydrogen-bond acceptors (Lipinski definition) is 2. The van der Waals surface area contributed by atoms with Gasteiger partial charge < -0.3 is 9.36 Å². The van der Waals surface area contributed by atoms with E-state index in [-0.39, 0.29) is 12.1 Å². The molecule has 0 N–H and O–H groups in total. The number of rotatable bonds is 2. The van der Waals surface area contributed by atoms with Gasteiger partial charge in [0, 0.05) is 6.07 Å². The minimum atomic E-state index is -0.136. The van der Waals surface area contributed by atoms with Gasteiger partial charge in [0.2, 0.25) is 0 Å². The molecule has 0 spiro atoms. The fourth-order valence-electron chi connectivity index (χ4n) is 1.82. The van der Waals surface area contributed by atoms with Crippen LogP contribution in [0, 0.1) is 13.8 Å². The Morgan fingerprint density at radius 1 is 1.19 bits per heavy atom. The summed E-state index contributed by atoms with van der Waals surface area (Å²) in [7, 11) is 0. The molecular formula is C13H13NO2. The van der Waals surface area contributed by atoms with Crippen molar-refractivity contribution in [3.63, 3.8) is 0 Å². The van der Waals surface area contributed by atoms with Gasteiger partial charge in [-0.1, -0.05) is 0 Å². The maximum atomic E-state index is 11.6. The summed E-state index contributed by atoms with van der Waals surface area (Å²) in [6, 6.07) is 7.28. The van der Waals surface area contributed by atoms with E-state index in [0.29, 0.717) is 0 Å². The first kappa shape index (κ1) is 10.6. The second-order valence-electron chi connectivity index (χ2n) is 3.94. The molecule has 16 heavy (non-hydrogen) atoms. The number of carbonyl (C=O) groups is 1. The molecule has 0 aliphatic carbocycles. The molecule has 0 aliphatic heterocycles. The molecule has 1 aromatic heterocycles. The van der Waals surface area contributed by atoms with E-state index >= 15 is 0 Å². The number of fused-ring (bicyclic) bond motifs is 1. The van der Waals surface area contributed by atoms with Crippen LogP contribution in [0.4, 0.5) is 0 Å². The number of aldehydes is 1. The third-order valence-electron chi connectivity index (χ3n) is 2.86. The van der Waals surface area contributed by atoms with Crippen LogP contribution in [0.25, 0.3) is 10.9 Å². The van der Waals surface area contributed by atoms with E-state index in [9.17, 15) is 9.59 Å². The summed E-state index contributed by atoms with van der Waals surface area (Å²) in [6.07, 6.45) is 0.746. The predicted octanol–water partition coefficient (Wildman–Crippen LogP) is 1.82. The Bertz CT molecular complexity index is 611. The first-order chi connectivity index (χ1) is 7.63. The van der Waals surface area contributed by atoms with Crippen LogP contribution >= 0.6 is 0 Å². The maximum Gasteiger partial charge on any atom is 0.251 e. The highest BCUT2D eigenvalue weighted by atomic mass is 16.1. The van der Waals surface area contributed by atoms with E-state index < -0.39 is 0 Å². The van der Waals surface area contributed by atoms with Gasteiger partial charge in [0.1, 0.15) is 6.29 Å². The summed E-state index contributed by atoms with van der Waals surface area (Å²) in [5.74, 6) is 0. The normalized spacial score (nSPS) is 10.6. The molecule has 1 heterocycles. The Kier molecular flexibility index (Phi) is 2.60. The molecule has 1 aromatic carbocycles. The molecule has 0 amide bonds. The van der Waals surface area contributed by atoms with Crippen molar-refractivity contribution in [1.29, 1.82) is 0 Å². The molecule has 2 rings (SSSR count). The van der Waals surface area contributed by atoms with Gasteiger partial charge in [-0.05, 0) is 48.6 Å². The van der Waals surface area contributed by atoms with E-state index in [2.05, 4.69) is 0 Å². The van der Waals surface area contributed by atoms with Crippen LogP contribution in [-0.2, 0) is 11.3 Å². The summed E-state index contributed by atoms with van der Waals surface area (Å²) in [5.41, 5.74) is 2.99. The average molecular weight is 215 g/mol. The average Bonchev–Trinajstić information content (AvgIpc) is 2.25. The lowest BCUT2D eigenvalue weighted by molar-refractivity contribution is -0.108. The summed E-state index contributed by atoms with van der Waals surface area (Å²) in [5, 5.41) is 0.990. The SMILES string of the molecule is Cc1cc2ccc(=O)n(CC=O)c2cc1C. The molecule has 0 atom stereocenters. The molecule has 0 radical (unpaired) electrons. The molecule has 82 valence electrons. The molecule has 0 unspecified atom stereocenters. The van der Waals surface area contributed by atoms with Crippen molar-refractivity contribution in [2.45, 2.75) is 20.4 Å². The number of carbonyl (C=O) groups excluding carboxylic acids is 1. The highest BCUT2D eigenvalue weighted by Gasteiger charge is 2.04. The predicted molar refractivity (Wildman–Crippen MR) is 63.7 cm³/mol. The van der Waals surface area contributed by atoms with Gasteiger partial charge in [0.15, 0.2) is 0 Å². The minimum Gasteiger partial charge on any atom is -0.301 e. The van der Waals surface area contributed by atoms with Crippen molar-refractivity contribution in [2.24, 2.45) is 0 Å². The quantitative estimate of drug-likeness (QED) is 0.717. The van der Waals surface area contributed by atoms with Crippen LogP contribution in [0.2, 0.25) is 0 Å². The Morgan fingerprint density at radius 3 is 2.56 bits per heavy atom. The summed E-state index contributed by atoms with van der Waals surface area (Å²) in [6.45, 7) is 4.14. The smallest absolute Gasteiger partial charge is 0.251 e. The Hall–Kier alpha value is -1.90. The van der Waals surface area contributed by atoms with Crippen molar-refractivity contribution in [3.8, 4) is 0 Å². The molecule has 3 heteroatoms. The van der Waals surface area contributed by atoms with E-state index in [0.717, 1.165) is 22.8 Å². The van der Waals surface area contributed by atoms with Gasteiger partial charge in [0.25, 0.3) is 5.56 Å². The third-order valence-corrected chi connectivity index (χ3v) is 2.86. The number of aryl methyl sites for hydroxylation is 2. The largest absolute Gasteiger partial charge is 0.301 e. The van der Waals surface area contributed by atoms with Crippen molar-refractivity contribution < 1.29 is 4.79 Å². The highest BCUT2D eigenvalue weighted by Crippen LogP contribution is 2.17. The zero-order valence-corrected chi connectivity index (χ0v) is 9.36. The van der Waals surface area contributed by atoms with E-state index in [1.807, 2.05) is 26.0 Å². The lowest BCUT2D eigenvalue weighted by atomic mass is 10.1. The summed E-state index contributed by atoms with van der Waals surface area (Å²) in [4.78, 5) is 22.2. The monoisotopic (exact) mass is 215 g/mol. The molecular weight excluding hydrogens is 202 g/mol. The van der Waals surface area contributed by atoms with Crippen LogP contribution in [0.3, 0.4) is 0 Å². The van der Waals surface area contributed by atoms with Gasteiger partial charge >= 0.3 is 0 Å². The first-order valence-corrected chi connectivity index (χ1v) is 5.18. The highest BCUT2D eigenvalue weighted by molar-refractivity contribution is 5.81. The van der Waals surface area contributed by atoms with Crippen molar-refractivity contribution >= 4 is 17.2 Å². The van der Waals surface area contributed by atoms with Crippen LogP contribution in [-0.4, -0.2) is 10.9 Å². The number of benzene rings is 1. The fraction of sp³-hybridized carbons (Fsp3) is 0.231. The fourth-order valence-corrected chi connectivity index (χ4v) is 1.82. The second-order valence-corrected chi connectivity index (χ2v) is 3.94. The van der Waals surface area contributed by atoms with Crippen molar-refractivity contribution in [1.82, 2.24) is 4.57 Å². The van der Waals surface area contributed by atoms with Gasteiger partial charge in [-0.3, -0.25) is 4.79 Å². The van der Waals surface area contributed by atoms with Crippen LogP contribution in [0.5, 0.6) is 0 Å².